The summed E-state index contributed by atoms with van der Waals surface area (Å²) in [6.45, 7) is 0.0554. The van der Waals surface area contributed by atoms with Crippen LogP contribution in [0.1, 0.15) is 24.0 Å². The molecule has 2 rings (SSSR count). The summed E-state index contributed by atoms with van der Waals surface area (Å²) in [6, 6.07) is 7.51. The lowest BCUT2D eigenvalue weighted by molar-refractivity contribution is -0.137. The van der Waals surface area contributed by atoms with Gasteiger partial charge in [0.05, 0.1) is 23.4 Å². The molecule has 0 spiro atoms. The van der Waals surface area contributed by atoms with Crippen molar-refractivity contribution in [3.8, 4) is 23.8 Å². The van der Waals surface area contributed by atoms with Gasteiger partial charge in [-0.2, -0.15) is 18.3 Å². The van der Waals surface area contributed by atoms with Gasteiger partial charge in [-0.3, -0.25) is 9.59 Å². The van der Waals surface area contributed by atoms with E-state index in [0.717, 1.165) is 12.1 Å². The molecule has 0 saturated heterocycles. The van der Waals surface area contributed by atoms with Crippen molar-refractivity contribution in [1.29, 1.82) is 0 Å². The zero-order valence-electron chi connectivity index (χ0n) is 17.3. The van der Waals surface area contributed by atoms with Crippen LogP contribution in [0.25, 0.3) is 0 Å². The van der Waals surface area contributed by atoms with Crippen molar-refractivity contribution in [2.45, 2.75) is 19.0 Å². The number of halogens is 4. The van der Waals surface area contributed by atoms with Crippen molar-refractivity contribution in [1.82, 2.24) is 5.43 Å². The molecule has 2 aromatic rings. The smallest absolute Gasteiger partial charge is 0.416 e. The molecule has 7 nitrogen and oxygen atoms in total. The number of methoxy groups -OCH3 is 1. The van der Waals surface area contributed by atoms with E-state index in [4.69, 9.17) is 15.9 Å². The van der Waals surface area contributed by atoms with Gasteiger partial charge in [0.1, 0.15) is 6.61 Å². The number of terminal acetylenes is 1. The molecule has 0 radical (unpaired) electrons. The Morgan fingerprint density at radius 2 is 1.94 bits per heavy atom. The summed E-state index contributed by atoms with van der Waals surface area (Å²) in [4.78, 5) is 23.8. The van der Waals surface area contributed by atoms with Crippen LogP contribution in [0.3, 0.4) is 0 Å². The summed E-state index contributed by atoms with van der Waals surface area (Å²) in [5.41, 5.74) is 1.96. The first-order valence-corrected chi connectivity index (χ1v) is 10.2. The zero-order chi connectivity index (χ0) is 24.4. The summed E-state index contributed by atoms with van der Waals surface area (Å²) in [7, 11) is 1.46. The number of amides is 2. The number of hydrogen-bond acceptors (Lipinski definition) is 5. The van der Waals surface area contributed by atoms with E-state index < -0.39 is 23.6 Å². The van der Waals surface area contributed by atoms with Gasteiger partial charge in [0.25, 0.3) is 0 Å². The molecule has 2 amide bonds. The number of carbonyl (C=O) groups excluding carboxylic acids is 2. The largest absolute Gasteiger partial charge is 0.493 e. The second-order valence-electron chi connectivity index (χ2n) is 6.45. The molecule has 0 aliphatic carbocycles. The van der Waals surface area contributed by atoms with Crippen molar-refractivity contribution in [2.75, 3.05) is 19.0 Å². The van der Waals surface area contributed by atoms with E-state index in [2.05, 4.69) is 37.7 Å². The Labute approximate surface area is 196 Å². The van der Waals surface area contributed by atoms with Crippen LogP contribution < -0.4 is 20.2 Å². The number of ether oxygens (including phenoxy) is 2. The second kappa shape index (κ2) is 11.9. The lowest BCUT2D eigenvalue weighted by Gasteiger charge is -2.11. The third-order valence-electron chi connectivity index (χ3n) is 4.01. The normalized spacial score (nSPS) is 11.0. The van der Waals surface area contributed by atoms with Crippen molar-refractivity contribution < 1.29 is 32.2 Å². The maximum absolute atomic E-state index is 12.7. The molecule has 174 valence electrons. The summed E-state index contributed by atoms with van der Waals surface area (Å²) in [5.74, 6) is 2.02. The molecule has 0 aliphatic heterocycles. The molecule has 0 unspecified atom stereocenters. The van der Waals surface area contributed by atoms with Gasteiger partial charge in [0.15, 0.2) is 11.5 Å². The number of alkyl halides is 3. The maximum Gasteiger partial charge on any atom is 0.416 e. The van der Waals surface area contributed by atoms with Gasteiger partial charge < -0.3 is 14.8 Å². The predicted octanol–water partition coefficient (Wildman–Crippen LogP) is 4.36. The van der Waals surface area contributed by atoms with Crippen LogP contribution in [0, 0.1) is 12.3 Å². The van der Waals surface area contributed by atoms with Crippen LogP contribution in [0.2, 0.25) is 0 Å². The van der Waals surface area contributed by atoms with E-state index in [9.17, 15) is 22.8 Å². The fourth-order valence-electron chi connectivity index (χ4n) is 2.53. The molecule has 0 fully saturated rings. The Balaban J connectivity index is 1.87. The highest BCUT2D eigenvalue weighted by Crippen LogP contribution is 2.36. The summed E-state index contributed by atoms with van der Waals surface area (Å²) in [5, 5.41) is 6.15. The number of nitrogens with one attached hydrogen (secondary N) is 2. The van der Waals surface area contributed by atoms with E-state index in [1.54, 1.807) is 12.1 Å². The first-order chi connectivity index (χ1) is 15.6. The van der Waals surface area contributed by atoms with Gasteiger partial charge in [-0.05, 0) is 51.8 Å². The molecular formula is C22H19BrF3N3O4. The molecule has 0 bridgehead atoms. The molecule has 0 atom stereocenters. The van der Waals surface area contributed by atoms with E-state index >= 15 is 0 Å². The predicted molar refractivity (Wildman–Crippen MR) is 120 cm³/mol. The lowest BCUT2D eigenvalue weighted by atomic mass is 10.2. The number of hydrazone groups is 1. The fraction of sp³-hybridized carbons (Fsp3) is 0.227. The van der Waals surface area contributed by atoms with Crippen LogP contribution in [0.4, 0.5) is 18.9 Å². The number of hydrogen-bond donors (Lipinski definition) is 2. The quantitative estimate of drug-likeness (QED) is 0.289. The number of benzene rings is 2. The van der Waals surface area contributed by atoms with Crippen LogP contribution in [0.15, 0.2) is 46.0 Å². The molecule has 0 saturated carbocycles. The SMILES string of the molecule is C#CCOc1c(Br)cc(C=NNC(=O)CCC(=O)Nc2cccc(C(F)(F)F)c2)cc1OC. The molecule has 0 aromatic heterocycles. The van der Waals surface area contributed by atoms with E-state index in [0.29, 0.717) is 21.5 Å². The van der Waals surface area contributed by atoms with E-state index in [-0.39, 0.29) is 25.1 Å². The van der Waals surface area contributed by atoms with Gasteiger partial charge in [-0.15, -0.1) is 6.42 Å². The molecule has 11 heteroatoms. The summed E-state index contributed by atoms with van der Waals surface area (Å²) in [6.07, 6.45) is 1.57. The number of nitrogens with zero attached hydrogens (tertiary/aromatic N) is 1. The monoisotopic (exact) mass is 525 g/mol. The average Bonchev–Trinajstić information content (AvgIpc) is 2.76. The summed E-state index contributed by atoms with van der Waals surface area (Å²) < 4.78 is 49.4. The van der Waals surface area contributed by atoms with Crippen LogP contribution in [0.5, 0.6) is 11.5 Å². The highest BCUT2D eigenvalue weighted by Gasteiger charge is 2.30. The highest BCUT2D eigenvalue weighted by atomic mass is 79.9. The minimum atomic E-state index is -4.52. The Bertz CT molecular complexity index is 1080. The highest BCUT2D eigenvalue weighted by molar-refractivity contribution is 9.10. The van der Waals surface area contributed by atoms with Crippen LogP contribution >= 0.6 is 15.9 Å². The van der Waals surface area contributed by atoms with Crippen molar-refractivity contribution >= 4 is 39.6 Å². The minimum Gasteiger partial charge on any atom is -0.493 e. The Kier molecular flexibility index (Phi) is 9.30. The molecular weight excluding hydrogens is 507 g/mol. The van der Waals surface area contributed by atoms with Gasteiger partial charge in [0.2, 0.25) is 11.8 Å². The zero-order valence-corrected chi connectivity index (χ0v) is 18.9. The van der Waals surface area contributed by atoms with Crippen LogP contribution in [-0.4, -0.2) is 31.7 Å². The number of rotatable bonds is 9. The third-order valence-corrected chi connectivity index (χ3v) is 4.60. The van der Waals surface area contributed by atoms with Gasteiger partial charge in [-0.1, -0.05) is 12.0 Å². The Hall–Kier alpha value is -3.52. The van der Waals surface area contributed by atoms with Crippen molar-refractivity contribution in [3.63, 3.8) is 0 Å². The maximum atomic E-state index is 12.7. The average molecular weight is 526 g/mol. The number of carbonyl (C=O) groups is 2. The van der Waals surface area contributed by atoms with Crippen LogP contribution in [-0.2, 0) is 15.8 Å². The standard InChI is InChI=1S/C22H19BrF3N3O4/c1-3-9-33-21-17(23)10-14(11-18(21)32-2)13-27-29-20(31)8-7-19(30)28-16-6-4-5-15(12-16)22(24,25)26/h1,4-6,10-13H,7-9H2,2H3,(H,28,30)(H,29,31). The first-order valence-electron chi connectivity index (χ1n) is 9.37. The van der Waals surface area contributed by atoms with Crippen molar-refractivity contribution in [3.05, 3.63) is 52.0 Å². The van der Waals surface area contributed by atoms with Crippen molar-refractivity contribution in [2.24, 2.45) is 5.10 Å². The molecule has 33 heavy (non-hydrogen) atoms. The van der Waals surface area contributed by atoms with Gasteiger partial charge in [0, 0.05) is 18.5 Å². The molecule has 0 aliphatic rings. The molecule has 2 aromatic carbocycles. The molecule has 0 heterocycles. The first kappa shape index (κ1) is 25.7. The Morgan fingerprint density at radius 1 is 1.21 bits per heavy atom. The Morgan fingerprint density at radius 3 is 2.61 bits per heavy atom. The molecule has 2 N–H and O–H groups in total. The summed E-state index contributed by atoms with van der Waals surface area (Å²) >= 11 is 3.34. The topological polar surface area (TPSA) is 89.0 Å². The fourth-order valence-corrected chi connectivity index (χ4v) is 3.10. The van der Waals surface area contributed by atoms with Gasteiger partial charge >= 0.3 is 6.18 Å². The lowest BCUT2D eigenvalue weighted by Crippen LogP contribution is -2.20. The van der Waals surface area contributed by atoms with E-state index in [1.807, 2.05) is 0 Å². The van der Waals surface area contributed by atoms with E-state index in [1.165, 1.54) is 25.5 Å². The third kappa shape index (κ3) is 8.16. The minimum absolute atomic E-state index is 0.0116. The van der Waals surface area contributed by atoms with Gasteiger partial charge in [-0.25, -0.2) is 5.43 Å². The second-order valence-corrected chi connectivity index (χ2v) is 7.30. The number of anilines is 1.